The summed E-state index contributed by atoms with van der Waals surface area (Å²) in [6, 6.07) is 17.1. The van der Waals surface area contributed by atoms with Gasteiger partial charge in [0.25, 0.3) is 0 Å². The first kappa shape index (κ1) is 20.2. The number of rotatable bonds is 6. The number of nitrogens with zero attached hydrogens (tertiary/aromatic N) is 1. The third kappa shape index (κ3) is 5.64. The summed E-state index contributed by atoms with van der Waals surface area (Å²) in [5, 5.41) is 0.673. The van der Waals surface area contributed by atoms with Crippen LogP contribution in [-0.2, 0) is 4.79 Å². The first-order valence-electron chi connectivity index (χ1n) is 7.37. The quantitative estimate of drug-likeness (QED) is 0.533. The lowest BCUT2D eigenvalue weighted by Crippen LogP contribution is -2.19. The van der Waals surface area contributed by atoms with Crippen molar-refractivity contribution < 1.29 is 4.79 Å². The van der Waals surface area contributed by atoms with Crippen LogP contribution in [0, 0.1) is 0 Å². The SMILES string of the molecule is C=C(CN(C)C)C(=O)/C(=C\c1ccc(Cl)cc1)c1ccccc1.Cl. The summed E-state index contributed by atoms with van der Waals surface area (Å²) in [4.78, 5) is 14.8. The average molecular weight is 362 g/mol. The molecule has 0 saturated carbocycles. The summed E-state index contributed by atoms with van der Waals surface area (Å²) in [6.45, 7) is 4.48. The maximum atomic E-state index is 12.8. The molecular formula is C20H21Cl2NO. The number of hydrogen-bond acceptors (Lipinski definition) is 2. The largest absolute Gasteiger partial charge is 0.305 e. The smallest absolute Gasteiger partial charge is 0.190 e. The summed E-state index contributed by atoms with van der Waals surface area (Å²) < 4.78 is 0. The van der Waals surface area contributed by atoms with Gasteiger partial charge in [-0.25, -0.2) is 0 Å². The van der Waals surface area contributed by atoms with Crippen molar-refractivity contribution in [3.8, 4) is 0 Å². The molecule has 0 spiro atoms. The number of halogens is 2. The molecular weight excluding hydrogens is 341 g/mol. The normalized spacial score (nSPS) is 11.1. The van der Waals surface area contributed by atoms with Gasteiger partial charge in [-0.2, -0.15) is 0 Å². The van der Waals surface area contributed by atoms with Crippen LogP contribution in [0.2, 0.25) is 5.02 Å². The lowest BCUT2D eigenvalue weighted by molar-refractivity contribution is -0.110. The monoisotopic (exact) mass is 361 g/mol. The summed E-state index contributed by atoms with van der Waals surface area (Å²) in [5.74, 6) is -0.0418. The van der Waals surface area contributed by atoms with Gasteiger partial charge >= 0.3 is 0 Å². The Bertz CT molecular complexity index is 719. The van der Waals surface area contributed by atoms with Crippen LogP contribution in [0.1, 0.15) is 11.1 Å². The molecule has 4 heteroatoms. The van der Waals surface area contributed by atoms with Gasteiger partial charge in [0, 0.05) is 22.7 Å². The van der Waals surface area contributed by atoms with Gasteiger partial charge < -0.3 is 4.90 Å². The maximum Gasteiger partial charge on any atom is 0.190 e. The van der Waals surface area contributed by atoms with E-state index >= 15 is 0 Å². The van der Waals surface area contributed by atoms with Gasteiger partial charge in [-0.05, 0) is 43.4 Å². The van der Waals surface area contributed by atoms with Crippen molar-refractivity contribution in [2.45, 2.75) is 0 Å². The Morgan fingerprint density at radius 2 is 1.67 bits per heavy atom. The van der Waals surface area contributed by atoms with Crippen LogP contribution in [0.15, 0.2) is 66.7 Å². The number of ketones is 1. The fourth-order valence-corrected chi connectivity index (χ4v) is 2.39. The number of hydrogen-bond donors (Lipinski definition) is 0. The first-order valence-corrected chi connectivity index (χ1v) is 7.75. The zero-order chi connectivity index (χ0) is 16.8. The van der Waals surface area contributed by atoms with E-state index in [1.54, 1.807) is 0 Å². The lowest BCUT2D eigenvalue weighted by atomic mass is 9.95. The number of likely N-dealkylation sites (N-methyl/N-ethyl adjacent to an activating group) is 1. The molecule has 0 aliphatic carbocycles. The lowest BCUT2D eigenvalue weighted by Gasteiger charge is -2.14. The van der Waals surface area contributed by atoms with Crippen LogP contribution in [0.5, 0.6) is 0 Å². The Hall–Kier alpha value is -1.87. The number of benzene rings is 2. The van der Waals surface area contributed by atoms with Crippen LogP contribution >= 0.6 is 24.0 Å². The predicted molar refractivity (Wildman–Crippen MR) is 106 cm³/mol. The average Bonchev–Trinajstić information content (AvgIpc) is 2.54. The van der Waals surface area contributed by atoms with Crippen molar-refractivity contribution in [2.24, 2.45) is 0 Å². The zero-order valence-corrected chi connectivity index (χ0v) is 15.4. The van der Waals surface area contributed by atoms with Crippen molar-refractivity contribution in [3.05, 3.63) is 82.9 Å². The van der Waals surface area contributed by atoms with Gasteiger partial charge in [-0.15, -0.1) is 12.4 Å². The molecule has 0 aliphatic heterocycles. The highest BCUT2D eigenvalue weighted by atomic mass is 35.5. The van der Waals surface area contributed by atoms with Crippen LogP contribution in [0.4, 0.5) is 0 Å². The van der Waals surface area contributed by atoms with Crippen LogP contribution in [-0.4, -0.2) is 31.3 Å². The molecule has 0 aliphatic rings. The van der Waals surface area contributed by atoms with Crippen molar-refractivity contribution in [2.75, 3.05) is 20.6 Å². The fraction of sp³-hybridized carbons (Fsp3) is 0.150. The Balaban J connectivity index is 0.00000288. The highest BCUT2D eigenvalue weighted by Crippen LogP contribution is 2.23. The molecule has 0 bridgehead atoms. The molecule has 24 heavy (non-hydrogen) atoms. The molecule has 0 N–H and O–H groups in total. The zero-order valence-electron chi connectivity index (χ0n) is 13.8. The molecule has 0 saturated heterocycles. The molecule has 0 amide bonds. The van der Waals surface area contributed by atoms with Gasteiger partial charge in [0.1, 0.15) is 0 Å². The molecule has 2 rings (SSSR count). The molecule has 0 fully saturated rings. The Morgan fingerprint density at radius 3 is 2.21 bits per heavy atom. The molecule has 2 aromatic carbocycles. The predicted octanol–water partition coefficient (Wildman–Crippen LogP) is 4.99. The minimum absolute atomic E-state index is 0. The Labute approximate surface area is 154 Å². The number of carbonyl (C=O) groups is 1. The molecule has 0 radical (unpaired) electrons. The van der Waals surface area contributed by atoms with E-state index in [1.165, 1.54) is 0 Å². The molecule has 126 valence electrons. The van der Waals surface area contributed by atoms with Crippen LogP contribution in [0.25, 0.3) is 11.6 Å². The van der Waals surface area contributed by atoms with Crippen molar-refractivity contribution >= 4 is 41.4 Å². The van der Waals surface area contributed by atoms with Gasteiger partial charge in [-0.3, -0.25) is 4.79 Å². The first-order chi connectivity index (χ1) is 11.0. The van der Waals surface area contributed by atoms with E-state index < -0.39 is 0 Å². The van der Waals surface area contributed by atoms with Crippen LogP contribution in [0.3, 0.4) is 0 Å². The summed E-state index contributed by atoms with van der Waals surface area (Å²) in [7, 11) is 3.84. The van der Waals surface area contributed by atoms with E-state index in [9.17, 15) is 4.79 Å². The van der Waals surface area contributed by atoms with Crippen molar-refractivity contribution in [3.63, 3.8) is 0 Å². The Kier molecular flexibility index (Phi) is 7.93. The van der Waals surface area contributed by atoms with E-state index in [0.717, 1.165) is 11.1 Å². The van der Waals surface area contributed by atoms with Crippen molar-refractivity contribution in [1.82, 2.24) is 4.90 Å². The topological polar surface area (TPSA) is 20.3 Å². The fourth-order valence-electron chi connectivity index (χ4n) is 2.27. The number of allylic oxidation sites excluding steroid dienone is 1. The third-order valence-electron chi connectivity index (χ3n) is 3.34. The molecule has 0 atom stereocenters. The number of Topliss-reactive ketones (excluding diaryl/α,β-unsaturated/α-hetero) is 1. The minimum Gasteiger partial charge on any atom is -0.305 e. The second-order valence-corrected chi connectivity index (χ2v) is 6.08. The third-order valence-corrected chi connectivity index (χ3v) is 3.59. The van der Waals surface area contributed by atoms with E-state index in [1.807, 2.05) is 79.7 Å². The van der Waals surface area contributed by atoms with E-state index in [0.29, 0.717) is 22.7 Å². The molecule has 0 aromatic heterocycles. The molecule has 0 heterocycles. The summed E-state index contributed by atoms with van der Waals surface area (Å²) in [5.41, 5.74) is 3.02. The second kappa shape index (κ2) is 9.43. The highest BCUT2D eigenvalue weighted by Gasteiger charge is 2.16. The van der Waals surface area contributed by atoms with Gasteiger partial charge in [0.05, 0.1) is 0 Å². The second-order valence-electron chi connectivity index (χ2n) is 5.65. The van der Waals surface area contributed by atoms with E-state index in [4.69, 9.17) is 11.6 Å². The summed E-state index contributed by atoms with van der Waals surface area (Å²) in [6.07, 6.45) is 1.88. The van der Waals surface area contributed by atoms with Gasteiger partial charge in [-0.1, -0.05) is 60.6 Å². The van der Waals surface area contributed by atoms with Gasteiger partial charge in [0.2, 0.25) is 0 Å². The van der Waals surface area contributed by atoms with Crippen molar-refractivity contribution in [1.29, 1.82) is 0 Å². The van der Waals surface area contributed by atoms with Crippen LogP contribution < -0.4 is 0 Å². The van der Waals surface area contributed by atoms with Gasteiger partial charge in [0.15, 0.2) is 5.78 Å². The number of carbonyl (C=O) groups excluding carboxylic acids is 1. The maximum absolute atomic E-state index is 12.8. The van der Waals surface area contributed by atoms with E-state index in [2.05, 4.69) is 6.58 Å². The highest BCUT2D eigenvalue weighted by molar-refractivity contribution is 6.32. The molecule has 0 unspecified atom stereocenters. The molecule has 2 nitrogen and oxygen atoms in total. The molecule has 2 aromatic rings. The summed E-state index contributed by atoms with van der Waals surface area (Å²) >= 11 is 5.93. The van der Waals surface area contributed by atoms with E-state index in [-0.39, 0.29) is 18.2 Å². The standard InChI is InChI=1S/C20H20ClNO.ClH/c1-15(14-22(2)3)20(23)19(17-7-5-4-6-8-17)13-16-9-11-18(21)12-10-16;/h4-13H,1,14H2,2-3H3;1H/b19-13-;. The minimum atomic E-state index is -0.0418. The Morgan fingerprint density at radius 1 is 1.08 bits per heavy atom.